The summed E-state index contributed by atoms with van der Waals surface area (Å²) in [4.78, 5) is 18.8. The zero-order valence-corrected chi connectivity index (χ0v) is 9.98. The van der Waals surface area contributed by atoms with Gasteiger partial charge in [0.2, 0.25) is 5.91 Å². The lowest BCUT2D eigenvalue weighted by atomic mass is 10.1. The summed E-state index contributed by atoms with van der Waals surface area (Å²) >= 11 is 0. The van der Waals surface area contributed by atoms with E-state index in [1.165, 1.54) is 0 Å². The standard InChI is InChI=1S/C13H19N3O/c17-13(10-11-4-1-2-5-11)16-7-3-6-12-14-8-9-15-12/h1,4,8-9,11H,2-3,5-7,10H2,(H,14,15)(H,16,17). The molecule has 0 saturated heterocycles. The third kappa shape index (κ3) is 4.06. The Morgan fingerprint density at radius 3 is 3.24 bits per heavy atom. The first-order chi connectivity index (χ1) is 8.34. The molecule has 4 nitrogen and oxygen atoms in total. The maximum Gasteiger partial charge on any atom is 0.220 e. The van der Waals surface area contributed by atoms with Gasteiger partial charge in [-0.1, -0.05) is 12.2 Å². The molecule has 92 valence electrons. The van der Waals surface area contributed by atoms with Crippen LogP contribution in [0, 0.1) is 5.92 Å². The van der Waals surface area contributed by atoms with Crippen molar-refractivity contribution in [3.05, 3.63) is 30.4 Å². The SMILES string of the molecule is O=C(CC1C=CCC1)NCCCc1ncc[nH]1. The van der Waals surface area contributed by atoms with E-state index in [0.717, 1.165) is 38.1 Å². The van der Waals surface area contributed by atoms with Gasteiger partial charge in [-0.05, 0) is 25.2 Å². The molecular formula is C13H19N3O. The maximum atomic E-state index is 11.6. The number of aryl methyl sites for hydroxylation is 1. The number of nitrogens with one attached hydrogen (secondary N) is 2. The Labute approximate surface area is 102 Å². The zero-order chi connectivity index (χ0) is 11.9. The van der Waals surface area contributed by atoms with Gasteiger partial charge in [0.1, 0.15) is 5.82 Å². The van der Waals surface area contributed by atoms with Gasteiger partial charge in [0.05, 0.1) is 0 Å². The second-order valence-electron chi connectivity index (χ2n) is 4.46. The van der Waals surface area contributed by atoms with E-state index >= 15 is 0 Å². The fourth-order valence-electron chi connectivity index (χ4n) is 2.09. The average Bonchev–Trinajstić information content (AvgIpc) is 2.96. The first-order valence-corrected chi connectivity index (χ1v) is 6.26. The van der Waals surface area contributed by atoms with Crippen molar-refractivity contribution in [1.29, 1.82) is 0 Å². The van der Waals surface area contributed by atoms with Crippen molar-refractivity contribution in [2.45, 2.75) is 32.1 Å². The molecule has 1 atom stereocenters. The normalized spacial score (nSPS) is 18.5. The highest BCUT2D eigenvalue weighted by Gasteiger charge is 2.13. The number of carbonyl (C=O) groups is 1. The van der Waals surface area contributed by atoms with E-state index in [4.69, 9.17) is 0 Å². The fourth-order valence-corrected chi connectivity index (χ4v) is 2.09. The number of H-pyrrole nitrogens is 1. The molecule has 1 aliphatic rings. The first-order valence-electron chi connectivity index (χ1n) is 6.26. The fraction of sp³-hybridized carbons (Fsp3) is 0.538. The van der Waals surface area contributed by atoms with E-state index in [1.54, 1.807) is 6.20 Å². The highest BCUT2D eigenvalue weighted by Crippen LogP contribution is 2.19. The van der Waals surface area contributed by atoms with Crippen molar-refractivity contribution in [1.82, 2.24) is 15.3 Å². The van der Waals surface area contributed by atoms with Gasteiger partial charge in [-0.3, -0.25) is 4.79 Å². The summed E-state index contributed by atoms with van der Waals surface area (Å²) in [5.74, 6) is 1.61. The van der Waals surface area contributed by atoms with Gasteiger partial charge in [0.25, 0.3) is 0 Å². The molecule has 1 aromatic heterocycles. The smallest absolute Gasteiger partial charge is 0.220 e. The molecule has 0 aliphatic heterocycles. The summed E-state index contributed by atoms with van der Waals surface area (Å²) in [7, 11) is 0. The van der Waals surface area contributed by atoms with Gasteiger partial charge >= 0.3 is 0 Å². The topological polar surface area (TPSA) is 57.8 Å². The highest BCUT2D eigenvalue weighted by atomic mass is 16.1. The Kier molecular flexibility index (Phi) is 4.36. The number of hydrogen-bond donors (Lipinski definition) is 2. The molecule has 0 bridgehead atoms. The van der Waals surface area contributed by atoms with Gasteiger partial charge in [0, 0.05) is 31.8 Å². The summed E-state index contributed by atoms with van der Waals surface area (Å²) in [6.45, 7) is 0.732. The van der Waals surface area contributed by atoms with Crippen LogP contribution in [-0.4, -0.2) is 22.4 Å². The van der Waals surface area contributed by atoms with Crippen molar-refractivity contribution in [2.75, 3.05) is 6.54 Å². The minimum Gasteiger partial charge on any atom is -0.356 e. The summed E-state index contributed by atoms with van der Waals surface area (Å²) < 4.78 is 0. The third-order valence-corrected chi connectivity index (χ3v) is 3.03. The number of allylic oxidation sites excluding steroid dienone is 2. The number of amides is 1. The van der Waals surface area contributed by atoms with Crippen LogP contribution in [0.2, 0.25) is 0 Å². The molecular weight excluding hydrogens is 214 g/mol. The predicted molar refractivity (Wildman–Crippen MR) is 66.4 cm³/mol. The predicted octanol–water partition coefficient (Wildman–Crippen LogP) is 1.81. The van der Waals surface area contributed by atoms with Crippen LogP contribution in [0.1, 0.15) is 31.5 Å². The van der Waals surface area contributed by atoms with Crippen molar-refractivity contribution in [3.8, 4) is 0 Å². The molecule has 0 aromatic carbocycles. The van der Waals surface area contributed by atoms with Crippen molar-refractivity contribution < 1.29 is 4.79 Å². The van der Waals surface area contributed by atoms with Crippen molar-refractivity contribution in [2.24, 2.45) is 5.92 Å². The number of aromatic nitrogens is 2. The molecule has 17 heavy (non-hydrogen) atoms. The van der Waals surface area contributed by atoms with E-state index in [9.17, 15) is 4.79 Å². The lowest BCUT2D eigenvalue weighted by Gasteiger charge is -2.08. The molecule has 1 aromatic rings. The number of rotatable bonds is 6. The first kappa shape index (κ1) is 11.9. The second-order valence-corrected chi connectivity index (χ2v) is 4.46. The van der Waals surface area contributed by atoms with Crippen molar-refractivity contribution >= 4 is 5.91 Å². The van der Waals surface area contributed by atoms with Crippen LogP contribution in [-0.2, 0) is 11.2 Å². The van der Waals surface area contributed by atoms with E-state index in [0.29, 0.717) is 12.3 Å². The molecule has 0 radical (unpaired) electrons. The van der Waals surface area contributed by atoms with Gasteiger partial charge in [-0.15, -0.1) is 0 Å². The Hall–Kier alpha value is -1.58. The molecule has 1 amide bonds. The Morgan fingerprint density at radius 2 is 2.53 bits per heavy atom. The molecule has 2 rings (SSSR count). The third-order valence-electron chi connectivity index (χ3n) is 3.03. The molecule has 1 unspecified atom stereocenters. The molecule has 4 heteroatoms. The van der Waals surface area contributed by atoms with Crippen LogP contribution in [0.25, 0.3) is 0 Å². The average molecular weight is 233 g/mol. The van der Waals surface area contributed by atoms with E-state index in [1.807, 2.05) is 6.20 Å². The van der Waals surface area contributed by atoms with Gasteiger partial charge < -0.3 is 10.3 Å². The Bertz CT molecular complexity index is 370. The number of hydrogen-bond acceptors (Lipinski definition) is 2. The minimum atomic E-state index is 0.168. The van der Waals surface area contributed by atoms with Gasteiger partial charge in [0.15, 0.2) is 0 Å². The van der Waals surface area contributed by atoms with Crippen LogP contribution < -0.4 is 5.32 Å². The molecule has 2 N–H and O–H groups in total. The van der Waals surface area contributed by atoms with Crippen LogP contribution in [0.4, 0.5) is 0 Å². The number of carbonyl (C=O) groups excluding carboxylic acids is 1. The van der Waals surface area contributed by atoms with Gasteiger partial charge in [-0.2, -0.15) is 0 Å². The number of imidazole rings is 1. The van der Waals surface area contributed by atoms with E-state index in [2.05, 4.69) is 27.4 Å². The second kappa shape index (κ2) is 6.23. The van der Waals surface area contributed by atoms with E-state index < -0.39 is 0 Å². The zero-order valence-electron chi connectivity index (χ0n) is 9.98. The summed E-state index contributed by atoms with van der Waals surface area (Å²) in [5.41, 5.74) is 0. The monoisotopic (exact) mass is 233 g/mol. The van der Waals surface area contributed by atoms with Crippen LogP contribution in [0.5, 0.6) is 0 Å². The Balaban J connectivity index is 1.55. The number of aromatic amines is 1. The largest absolute Gasteiger partial charge is 0.356 e. The summed E-state index contributed by atoms with van der Waals surface area (Å²) in [6.07, 6.45) is 12.6. The maximum absolute atomic E-state index is 11.6. The molecule has 1 aliphatic carbocycles. The Morgan fingerprint density at radius 1 is 1.59 bits per heavy atom. The lowest BCUT2D eigenvalue weighted by Crippen LogP contribution is -2.26. The number of nitrogens with zero attached hydrogens (tertiary/aromatic N) is 1. The molecule has 1 heterocycles. The van der Waals surface area contributed by atoms with Crippen LogP contribution >= 0.6 is 0 Å². The van der Waals surface area contributed by atoms with Crippen molar-refractivity contribution in [3.63, 3.8) is 0 Å². The van der Waals surface area contributed by atoms with Crippen LogP contribution in [0.15, 0.2) is 24.5 Å². The van der Waals surface area contributed by atoms with Gasteiger partial charge in [-0.25, -0.2) is 4.98 Å². The lowest BCUT2D eigenvalue weighted by molar-refractivity contribution is -0.121. The molecule has 0 saturated carbocycles. The minimum absolute atomic E-state index is 0.168. The quantitative estimate of drug-likeness (QED) is 0.581. The van der Waals surface area contributed by atoms with E-state index in [-0.39, 0.29) is 5.91 Å². The van der Waals surface area contributed by atoms with Crippen LogP contribution in [0.3, 0.4) is 0 Å². The molecule has 0 fully saturated rings. The summed E-state index contributed by atoms with van der Waals surface area (Å²) in [5, 5.41) is 2.96. The highest BCUT2D eigenvalue weighted by molar-refractivity contribution is 5.76. The summed E-state index contributed by atoms with van der Waals surface area (Å²) in [6, 6.07) is 0. The molecule has 0 spiro atoms.